The van der Waals surface area contributed by atoms with Crippen LogP contribution < -0.4 is 20.7 Å². The van der Waals surface area contributed by atoms with Crippen molar-refractivity contribution in [2.45, 2.75) is 52.1 Å². The SMILES string of the molecule is CCCOc1ccc(C2C3=C(CC(C)(C)CC3=O)NC3NC(=O)NC(=O)C32)cc1. The number of benzene rings is 1. The summed E-state index contributed by atoms with van der Waals surface area (Å²) in [4.78, 5) is 37.8. The Kier molecular flexibility index (Phi) is 4.84. The molecule has 3 aliphatic rings. The second kappa shape index (κ2) is 7.21. The molecule has 154 valence electrons. The Morgan fingerprint density at radius 3 is 2.48 bits per heavy atom. The number of rotatable bonds is 4. The Bertz CT molecular complexity index is 888. The zero-order valence-corrected chi connectivity index (χ0v) is 17.0. The highest BCUT2D eigenvalue weighted by atomic mass is 16.5. The molecule has 3 atom stereocenters. The number of imide groups is 1. The zero-order chi connectivity index (χ0) is 20.8. The van der Waals surface area contributed by atoms with Gasteiger partial charge in [0.15, 0.2) is 5.78 Å². The van der Waals surface area contributed by atoms with Crippen molar-refractivity contribution in [1.82, 2.24) is 16.0 Å². The molecule has 3 unspecified atom stereocenters. The van der Waals surface area contributed by atoms with Crippen molar-refractivity contribution in [2.75, 3.05) is 6.61 Å². The van der Waals surface area contributed by atoms with Gasteiger partial charge in [0.1, 0.15) is 11.9 Å². The Labute approximate surface area is 170 Å². The van der Waals surface area contributed by atoms with E-state index in [0.29, 0.717) is 25.0 Å². The number of hydrogen-bond acceptors (Lipinski definition) is 5. The molecule has 4 rings (SSSR count). The maximum atomic E-state index is 13.1. The predicted molar refractivity (Wildman–Crippen MR) is 107 cm³/mol. The molecule has 1 saturated heterocycles. The maximum absolute atomic E-state index is 13.1. The predicted octanol–water partition coefficient (Wildman–Crippen LogP) is 2.59. The van der Waals surface area contributed by atoms with Crippen LogP contribution in [0.5, 0.6) is 5.75 Å². The number of nitrogens with one attached hydrogen (secondary N) is 3. The number of Topliss-reactive ketones (excluding diaryl/α,β-unsaturated/α-hetero) is 1. The molecule has 0 bridgehead atoms. The number of allylic oxidation sites excluding steroid dienone is 2. The fourth-order valence-corrected chi connectivity index (χ4v) is 4.64. The first kappa shape index (κ1) is 19.5. The zero-order valence-electron chi connectivity index (χ0n) is 17.0. The fraction of sp³-hybridized carbons (Fsp3) is 0.500. The molecule has 1 aromatic rings. The Morgan fingerprint density at radius 1 is 1.07 bits per heavy atom. The van der Waals surface area contributed by atoms with Gasteiger partial charge in [-0.05, 0) is 36.0 Å². The van der Waals surface area contributed by atoms with Gasteiger partial charge in [-0.1, -0.05) is 32.9 Å². The third kappa shape index (κ3) is 3.61. The summed E-state index contributed by atoms with van der Waals surface area (Å²) in [5.41, 5.74) is 2.20. The van der Waals surface area contributed by atoms with Gasteiger partial charge in [0, 0.05) is 23.6 Å². The lowest BCUT2D eigenvalue weighted by atomic mass is 9.66. The molecule has 1 aromatic carbocycles. The van der Waals surface area contributed by atoms with Crippen molar-refractivity contribution in [3.05, 3.63) is 41.1 Å². The van der Waals surface area contributed by atoms with Crippen molar-refractivity contribution < 1.29 is 19.1 Å². The quantitative estimate of drug-likeness (QED) is 0.726. The maximum Gasteiger partial charge on any atom is 0.323 e. The van der Waals surface area contributed by atoms with Gasteiger partial charge in [-0.2, -0.15) is 0 Å². The summed E-state index contributed by atoms with van der Waals surface area (Å²) in [5, 5.41) is 8.45. The van der Waals surface area contributed by atoms with E-state index in [-0.39, 0.29) is 17.1 Å². The van der Waals surface area contributed by atoms with Crippen molar-refractivity contribution in [3.63, 3.8) is 0 Å². The van der Waals surface area contributed by atoms with Crippen LogP contribution in [0, 0.1) is 11.3 Å². The molecule has 0 aromatic heterocycles. The largest absolute Gasteiger partial charge is 0.494 e. The summed E-state index contributed by atoms with van der Waals surface area (Å²) in [6, 6.07) is 7.06. The summed E-state index contributed by atoms with van der Waals surface area (Å²) >= 11 is 0. The number of ketones is 1. The highest BCUT2D eigenvalue weighted by molar-refractivity contribution is 6.04. The van der Waals surface area contributed by atoms with E-state index in [1.807, 2.05) is 31.2 Å². The second-order valence-electron chi connectivity index (χ2n) is 8.84. The molecule has 0 saturated carbocycles. The van der Waals surface area contributed by atoms with Crippen LogP contribution in [0.3, 0.4) is 0 Å². The van der Waals surface area contributed by atoms with Crippen molar-refractivity contribution >= 4 is 17.7 Å². The highest BCUT2D eigenvalue weighted by Crippen LogP contribution is 2.47. The molecule has 7 heteroatoms. The molecule has 1 aliphatic carbocycles. The van der Waals surface area contributed by atoms with Gasteiger partial charge >= 0.3 is 6.03 Å². The minimum atomic E-state index is -0.598. The Morgan fingerprint density at radius 2 is 1.79 bits per heavy atom. The van der Waals surface area contributed by atoms with Crippen LogP contribution in [0.15, 0.2) is 35.5 Å². The van der Waals surface area contributed by atoms with E-state index in [1.54, 1.807) is 0 Å². The molecule has 0 radical (unpaired) electrons. The lowest BCUT2D eigenvalue weighted by Crippen LogP contribution is -2.66. The van der Waals surface area contributed by atoms with Crippen molar-refractivity contribution in [2.24, 2.45) is 11.3 Å². The summed E-state index contributed by atoms with van der Waals surface area (Å²) in [6.45, 7) is 6.80. The summed E-state index contributed by atoms with van der Waals surface area (Å²) in [7, 11) is 0. The number of carbonyl (C=O) groups excluding carboxylic acids is 3. The summed E-state index contributed by atoms with van der Waals surface area (Å²) < 4.78 is 5.67. The smallest absolute Gasteiger partial charge is 0.323 e. The fourth-order valence-electron chi connectivity index (χ4n) is 4.64. The number of urea groups is 1. The molecule has 0 spiro atoms. The third-order valence-corrected chi connectivity index (χ3v) is 5.82. The average Bonchev–Trinajstić information content (AvgIpc) is 2.64. The number of fused-ring (bicyclic) bond motifs is 1. The number of ether oxygens (including phenoxy) is 1. The van der Waals surface area contributed by atoms with E-state index in [1.165, 1.54) is 0 Å². The normalized spacial score (nSPS) is 28.0. The van der Waals surface area contributed by atoms with E-state index in [4.69, 9.17) is 4.74 Å². The summed E-state index contributed by atoms with van der Waals surface area (Å²) in [6.07, 6.45) is 1.51. The molecule has 1 fully saturated rings. The molecule has 2 aliphatic heterocycles. The number of carbonyl (C=O) groups is 3. The van der Waals surface area contributed by atoms with E-state index in [9.17, 15) is 14.4 Å². The first-order valence-electron chi connectivity index (χ1n) is 10.2. The number of hydrogen-bond donors (Lipinski definition) is 3. The first-order chi connectivity index (χ1) is 13.8. The van der Waals surface area contributed by atoms with Gasteiger partial charge in [0.05, 0.1) is 12.5 Å². The van der Waals surface area contributed by atoms with E-state index >= 15 is 0 Å². The molecular weight excluding hydrogens is 370 g/mol. The molecule has 7 nitrogen and oxygen atoms in total. The second-order valence-corrected chi connectivity index (χ2v) is 8.84. The van der Waals surface area contributed by atoms with Gasteiger partial charge < -0.3 is 15.4 Å². The molecule has 2 heterocycles. The summed E-state index contributed by atoms with van der Waals surface area (Å²) in [5.74, 6) is -0.567. The topological polar surface area (TPSA) is 96.5 Å². The van der Waals surface area contributed by atoms with Gasteiger partial charge in [0.2, 0.25) is 5.91 Å². The Hall–Kier alpha value is -2.83. The van der Waals surface area contributed by atoms with Crippen LogP contribution in [0.4, 0.5) is 4.79 Å². The number of amides is 3. The van der Waals surface area contributed by atoms with Crippen LogP contribution in [0.25, 0.3) is 0 Å². The molecular formula is C22H27N3O4. The van der Waals surface area contributed by atoms with Crippen molar-refractivity contribution in [3.8, 4) is 5.75 Å². The van der Waals surface area contributed by atoms with Crippen molar-refractivity contribution in [1.29, 1.82) is 0 Å². The van der Waals surface area contributed by atoms with E-state index in [2.05, 4.69) is 29.8 Å². The minimum absolute atomic E-state index is 0.0585. The molecule has 29 heavy (non-hydrogen) atoms. The van der Waals surface area contributed by atoms with Gasteiger partial charge in [-0.25, -0.2) is 4.79 Å². The Balaban J connectivity index is 1.77. The van der Waals surface area contributed by atoms with Crippen LogP contribution in [-0.2, 0) is 9.59 Å². The van der Waals surface area contributed by atoms with Gasteiger partial charge in [-0.15, -0.1) is 0 Å². The van der Waals surface area contributed by atoms with Gasteiger partial charge in [0.25, 0.3) is 0 Å². The van der Waals surface area contributed by atoms with E-state index in [0.717, 1.165) is 23.4 Å². The van der Waals surface area contributed by atoms with E-state index < -0.39 is 24.0 Å². The molecule has 3 amide bonds. The average molecular weight is 397 g/mol. The minimum Gasteiger partial charge on any atom is -0.494 e. The van der Waals surface area contributed by atoms with Crippen LogP contribution in [0.1, 0.15) is 51.5 Å². The lowest BCUT2D eigenvalue weighted by Gasteiger charge is -2.46. The van der Waals surface area contributed by atoms with Crippen LogP contribution in [-0.4, -0.2) is 30.5 Å². The lowest BCUT2D eigenvalue weighted by molar-refractivity contribution is -0.127. The van der Waals surface area contributed by atoms with Crippen LogP contribution in [0.2, 0.25) is 0 Å². The monoisotopic (exact) mass is 397 g/mol. The van der Waals surface area contributed by atoms with Gasteiger partial charge in [-0.3, -0.25) is 14.9 Å². The molecule has 3 N–H and O–H groups in total. The van der Waals surface area contributed by atoms with Crippen LogP contribution >= 0.6 is 0 Å². The third-order valence-electron chi connectivity index (χ3n) is 5.82. The first-order valence-corrected chi connectivity index (χ1v) is 10.2. The standard InChI is InChI=1S/C22H27N3O4/c1-4-9-29-13-7-5-12(6-8-13)16-17-14(10-22(2,3)11-15(17)26)23-19-18(16)20(27)25-21(28)24-19/h5-8,16,18-19,23H,4,9-11H2,1-3H3,(H2,24,25,27,28). The highest BCUT2D eigenvalue weighted by Gasteiger charge is 2.50.